The Labute approximate surface area is 70.6 Å². The zero-order chi connectivity index (χ0) is 8.32. The van der Waals surface area contributed by atoms with Crippen LogP contribution in [-0.2, 0) is 0 Å². The number of rotatable bonds is 5. The highest BCUT2D eigenvalue weighted by atomic mass is 14.8. The van der Waals surface area contributed by atoms with Crippen LogP contribution in [0.25, 0.3) is 0 Å². The van der Waals surface area contributed by atoms with E-state index in [0.29, 0.717) is 5.41 Å². The monoisotopic (exact) mass is 155 g/mol. The third-order valence-corrected chi connectivity index (χ3v) is 2.58. The molecule has 1 aliphatic rings. The van der Waals surface area contributed by atoms with Gasteiger partial charge in [-0.3, -0.25) is 0 Å². The molecule has 0 atom stereocenters. The van der Waals surface area contributed by atoms with E-state index in [-0.39, 0.29) is 0 Å². The summed E-state index contributed by atoms with van der Waals surface area (Å²) in [5.74, 6) is 1.09. The zero-order valence-corrected chi connectivity index (χ0v) is 8.11. The van der Waals surface area contributed by atoms with Crippen LogP contribution in [0.4, 0.5) is 0 Å². The number of hydrogen-bond donors (Lipinski definition) is 1. The molecule has 1 fully saturated rings. The van der Waals surface area contributed by atoms with Crippen LogP contribution in [0.15, 0.2) is 0 Å². The van der Waals surface area contributed by atoms with Crippen LogP contribution < -0.4 is 5.32 Å². The molecule has 1 aliphatic carbocycles. The SMILES string of the molecule is CNCC(C)(C)CCC1CC1. The lowest BCUT2D eigenvalue weighted by molar-refractivity contribution is 0.308. The largest absolute Gasteiger partial charge is 0.319 e. The molecule has 0 saturated heterocycles. The number of hydrogen-bond acceptors (Lipinski definition) is 1. The molecule has 0 aliphatic heterocycles. The molecule has 0 heterocycles. The molecule has 11 heavy (non-hydrogen) atoms. The van der Waals surface area contributed by atoms with Gasteiger partial charge in [0.05, 0.1) is 0 Å². The molecule has 1 saturated carbocycles. The molecule has 0 aromatic carbocycles. The maximum atomic E-state index is 3.25. The minimum Gasteiger partial charge on any atom is -0.319 e. The van der Waals surface area contributed by atoms with Gasteiger partial charge >= 0.3 is 0 Å². The topological polar surface area (TPSA) is 12.0 Å². The molecule has 0 bridgehead atoms. The highest BCUT2D eigenvalue weighted by Gasteiger charge is 2.25. The lowest BCUT2D eigenvalue weighted by atomic mass is 9.87. The normalized spacial score (nSPS) is 18.8. The van der Waals surface area contributed by atoms with Gasteiger partial charge in [0.2, 0.25) is 0 Å². The molecule has 0 unspecified atom stereocenters. The molecule has 1 nitrogen and oxygen atoms in total. The van der Waals surface area contributed by atoms with Crippen LogP contribution >= 0.6 is 0 Å². The average molecular weight is 155 g/mol. The maximum Gasteiger partial charge on any atom is -0.0000486 e. The van der Waals surface area contributed by atoms with E-state index in [9.17, 15) is 0 Å². The molecule has 1 heteroatoms. The van der Waals surface area contributed by atoms with Crippen LogP contribution in [0.3, 0.4) is 0 Å². The van der Waals surface area contributed by atoms with Gasteiger partial charge in [0.15, 0.2) is 0 Å². The summed E-state index contributed by atoms with van der Waals surface area (Å²) in [6.45, 7) is 5.86. The molecule has 66 valence electrons. The molecule has 0 aromatic heterocycles. The minimum atomic E-state index is 0.511. The first-order valence-corrected chi connectivity index (χ1v) is 4.79. The number of nitrogens with one attached hydrogen (secondary N) is 1. The highest BCUT2D eigenvalue weighted by Crippen LogP contribution is 2.37. The Morgan fingerprint density at radius 1 is 1.36 bits per heavy atom. The first-order valence-electron chi connectivity index (χ1n) is 4.79. The van der Waals surface area contributed by atoms with E-state index in [1.807, 2.05) is 7.05 Å². The molecule has 0 amide bonds. The Morgan fingerprint density at radius 2 is 2.00 bits per heavy atom. The second-order valence-electron chi connectivity index (χ2n) is 4.68. The van der Waals surface area contributed by atoms with Crippen molar-refractivity contribution >= 4 is 0 Å². The molecule has 0 spiro atoms. The van der Waals surface area contributed by atoms with Crippen LogP contribution in [0.5, 0.6) is 0 Å². The third-order valence-electron chi connectivity index (χ3n) is 2.58. The van der Waals surface area contributed by atoms with E-state index >= 15 is 0 Å². The summed E-state index contributed by atoms with van der Waals surface area (Å²) in [6.07, 6.45) is 5.83. The summed E-state index contributed by atoms with van der Waals surface area (Å²) >= 11 is 0. The van der Waals surface area contributed by atoms with Gasteiger partial charge in [0.25, 0.3) is 0 Å². The van der Waals surface area contributed by atoms with E-state index < -0.39 is 0 Å². The van der Waals surface area contributed by atoms with E-state index in [0.717, 1.165) is 12.5 Å². The molecule has 1 N–H and O–H groups in total. The molecular formula is C10H21N. The fourth-order valence-corrected chi connectivity index (χ4v) is 1.57. The van der Waals surface area contributed by atoms with Gasteiger partial charge < -0.3 is 5.32 Å². The Kier molecular flexibility index (Phi) is 2.94. The Bertz CT molecular complexity index is 114. The van der Waals surface area contributed by atoms with Crippen molar-refractivity contribution in [1.82, 2.24) is 5.32 Å². The van der Waals surface area contributed by atoms with Crippen LogP contribution in [0.1, 0.15) is 39.5 Å². The molecule has 0 radical (unpaired) electrons. The summed E-state index contributed by atoms with van der Waals surface area (Å²) < 4.78 is 0. The fraction of sp³-hybridized carbons (Fsp3) is 1.00. The van der Waals surface area contributed by atoms with Crippen molar-refractivity contribution in [2.75, 3.05) is 13.6 Å². The Hall–Kier alpha value is -0.0400. The van der Waals surface area contributed by atoms with Crippen molar-refractivity contribution in [3.63, 3.8) is 0 Å². The van der Waals surface area contributed by atoms with Crippen molar-refractivity contribution in [1.29, 1.82) is 0 Å². The summed E-state index contributed by atoms with van der Waals surface area (Å²) in [5, 5.41) is 3.25. The van der Waals surface area contributed by atoms with E-state index in [1.54, 1.807) is 0 Å². The van der Waals surface area contributed by atoms with Gasteiger partial charge in [0, 0.05) is 0 Å². The predicted molar refractivity (Wildman–Crippen MR) is 49.7 cm³/mol. The Balaban J connectivity index is 2.09. The van der Waals surface area contributed by atoms with Gasteiger partial charge in [0.1, 0.15) is 0 Å². The van der Waals surface area contributed by atoms with Crippen molar-refractivity contribution < 1.29 is 0 Å². The second-order valence-corrected chi connectivity index (χ2v) is 4.68. The molecular weight excluding hydrogens is 134 g/mol. The van der Waals surface area contributed by atoms with Gasteiger partial charge in [-0.2, -0.15) is 0 Å². The van der Waals surface area contributed by atoms with Gasteiger partial charge in [-0.05, 0) is 37.8 Å². The lowest BCUT2D eigenvalue weighted by Gasteiger charge is -2.23. The van der Waals surface area contributed by atoms with Crippen molar-refractivity contribution in [3.05, 3.63) is 0 Å². The van der Waals surface area contributed by atoms with Crippen molar-refractivity contribution in [3.8, 4) is 0 Å². The van der Waals surface area contributed by atoms with E-state index in [2.05, 4.69) is 19.2 Å². The van der Waals surface area contributed by atoms with E-state index in [1.165, 1.54) is 25.7 Å². The summed E-state index contributed by atoms with van der Waals surface area (Å²) in [7, 11) is 2.04. The first kappa shape index (κ1) is 9.05. The Morgan fingerprint density at radius 3 is 2.45 bits per heavy atom. The summed E-state index contributed by atoms with van der Waals surface area (Å²) in [6, 6.07) is 0. The molecule has 1 rings (SSSR count). The summed E-state index contributed by atoms with van der Waals surface area (Å²) in [5.41, 5.74) is 0.511. The van der Waals surface area contributed by atoms with Crippen LogP contribution in [0, 0.1) is 11.3 Å². The fourth-order valence-electron chi connectivity index (χ4n) is 1.57. The van der Waals surface area contributed by atoms with Crippen molar-refractivity contribution in [2.24, 2.45) is 11.3 Å². The third kappa shape index (κ3) is 3.76. The van der Waals surface area contributed by atoms with Gasteiger partial charge in [-0.15, -0.1) is 0 Å². The lowest BCUT2D eigenvalue weighted by Crippen LogP contribution is -2.26. The molecule has 0 aromatic rings. The summed E-state index contributed by atoms with van der Waals surface area (Å²) in [4.78, 5) is 0. The standard InChI is InChI=1S/C10H21N/c1-10(2,8-11-3)7-6-9-4-5-9/h9,11H,4-8H2,1-3H3. The van der Waals surface area contributed by atoms with Gasteiger partial charge in [-0.25, -0.2) is 0 Å². The average Bonchev–Trinajstić information content (AvgIpc) is 2.65. The smallest absolute Gasteiger partial charge is 0.0000486 e. The first-order chi connectivity index (χ1) is 5.14. The van der Waals surface area contributed by atoms with E-state index in [4.69, 9.17) is 0 Å². The van der Waals surface area contributed by atoms with Crippen LogP contribution in [0.2, 0.25) is 0 Å². The maximum absolute atomic E-state index is 3.25. The second kappa shape index (κ2) is 3.57. The minimum absolute atomic E-state index is 0.511. The van der Waals surface area contributed by atoms with Crippen LogP contribution in [-0.4, -0.2) is 13.6 Å². The predicted octanol–water partition coefficient (Wildman–Crippen LogP) is 2.42. The van der Waals surface area contributed by atoms with Gasteiger partial charge in [-0.1, -0.05) is 26.7 Å². The highest BCUT2D eigenvalue weighted by molar-refractivity contribution is 4.78. The zero-order valence-electron chi connectivity index (χ0n) is 8.11. The quantitative estimate of drug-likeness (QED) is 0.643. The van der Waals surface area contributed by atoms with Crippen molar-refractivity contribution in [2.45, 2.75) is 39.5 Å².